The maximum atomic E-state index is 14.0. The SMILES string of the molecule is COc1ccc(-n2cc(C(=O)Nc3c(F)cccc3F)c3ccccc3c2=O)cc1. The molecule has 0 fully saturated rings. The van der Waals surface area contributed by atoms with Crippen LogP contribution in [0.15, 0.2) is 77.7 Å². The van der Waals surface area contributed by atoms with E-state index in [1.165, 1.54) is 23.9 Å². The molecule has 7 heteroatoms. The fraction of sp³-hybridized carbons (Fsp3) is 0.0435. The number of aromatic nitrogens is 1. The molecule has 1 heterocycles. The first-order valence-electron chi connectivity index (χ1n) is 9.04. The van der Waals surface area contributed by atoms with Gasteiger partial charge in [-0.3, -0.25) is 14.2 Å². The van der Waals surface area contributed by atoms with Gasteiger partial charge in [0.25, 0.3) is 11.5 Å². The van der Waals surface area contributed by atoms with Crippen LogP contribution in [0.2, 0.25) is 0 Å². The molecule has 4 aromatic rings. The van der Waals surface area contributed by atoms with Crippen molar-refractivity contribution in [3.63, 3.8) is 0 Å². The van der Waals surface area contributed by atoms with Crippen molar-refractivity contribution in [2.45, 2.75) is 0 Å². The van der Waals surface area contributed by atoms with E-state index in [-0.39, 0.29) is 11.1 Å². The summed E-state index contributed by atoms with van der Waals surface area (Å²) in [7, 11) is 1.53. The second kappa shape index (κ2) is 7.79. The molecular weight excluding hydrogens is 390 g/mol. The summed E-state index contributed by atoms with van der Waals surface area (Å²) in [6, 6.07) is 16.6. The van der Waals surface area contributed by atoms with Crippen molar-refractivity contribution in [3.05, 3.63) is 100 Å². The average molecular weight is 406 g/mol. The van der Waals surface area contributed by atoms with E-state index in [2.05, 4.69) is 5.32 Å². The lowest BCUT2D eigenvalue weighted by Crippen LogP contribution is -2.23. The summed E-state index contributed by atoms with van der Waals surface area (Å²) in [6.07, 6.45) is 1.36. The molecule has 0 radical (unpaired) electrons. The molecule has 0 aliphatic carbocycles. The molecule has 1 N–H and O–H groups in total. The fourth-order valence-corrected chi connectivity index (χ4v) is 3.21. The van der Waals surface area contributed by atoms with E-state index in [0.29, 0.717) is 22.2 Å². The molecule has 0 aliphatic rings. The van der Waals surface area contributed by atoms with E-state index >= 15 is 0 Å². The Morgan fingerprint density at radius 2 is 1.53 bits per heavy atom. The molecule has 0 saturated heterocycles. The Morgan fingerprint density at radius 3 is 2.17 bits per heavy atom. The number of rotatable bonds is 4. The van der Waals surface area contributed by atoms with Crippen LogP contribution in [0.4, 0.5) is 14.5 Å². The van der Waals surface area contributed by atoms with Gasteiger partial charge in [-0.2, -0.15) is 0 Å². The van der Waals surface area contributed by atoms with Crippen LogP contribution in [0, 0.1) is 11.6 Å². The highest BCUT2D eigenvalue weighted by Crippen LogP contribution is 2.23. The van der Waals surface area contributed by atoms with E-state index in [1.54, 1.807) is 48.5 Å². The molecule has 30 heavy (non-hydrogen) atoms. The second-order valence-electron chi connectivity index (χ2n) is 6.51. The van der Waals surface area contributed by atoms with E-state index in [9.17, 15) is 18.4 Å². The first-order chi connectivity index (χ1) is 14.5. The van der Waals surface area contributed by atoms with Crippen molar-refractivity contribution in [3.8, 4) is 11.4 Å². The van der Waals surface area contributed by atoms with E-state index in [4.69, 9.17) is 4.74 Å². The zero-order valence-corrected chi connectivity index (χ0v) is 15.9. The summed E-state index contributed by atoms with van der Waals surface area (Å²) in [6.45, 7) is 0. The third-order valence-corrected chi connectivity index (χ3v) is 4.72. The van der Waals surface area contributed by atoms with Gasteiger partial charge in [-0.1, -0.05) is 24.3 Å². The van der Waals surface area contributed by atoms with Gasteiger partial charge in [0.05, 0.1) is 12.7 Å². The van der Waals surface area contributed by atoms with Crippen molar-refractivity contribution in [2.75, 3.05) is 12.4 Å². The molecule has 0 atom stereocenters. The molecule has 0 bridgehead atoms. The van der Waals surface area contributed by atoms with Crippen molar-refractivity contribution >= 4 is 22.4 Å². The summed E-state index contributed by atoms with van der Waals surface area (Å²) >= 11 is 0. The predicted octanol–water partition coefficient (Wildman–Crippen LogP) is 4.53. The standard InChI is InChI=1S/C23H16F2N2O3/c1-30-15-11-9-14(10-12-15)27-13-18(16-5-2-3-6-17(16)23(27)29)22(28)26-21-19(24)7-4-8-20(21)25/h2-13H,1H3,(H,26,28). The molecule has 0 spiro atoms. The molecule has 1 aromatic heterocycles. The number of carbonyl (C=O) groups excluding carboxylic acids is 1. The number of nitrogens with one attached hydrogen (secondary N) is 1. The number of anilines is 1. The van der Waals surface area contributed by atoms with Crippen molar-refractivity contribution in [1.82, 2.24) is 4.57 Å². The number of nitrogens with zero attached hydrogens (tertiary/aromatic N) is 1. The van der Waals surface area contributed by atoms with Crippen molar-refractivity contribution < 1.29 is 18.3 Å². The molecular formula is C23H16F2N2O3. The second-order valence-corrected chi connectivity index (χ2v) is 6.51. The van der Waals surface area contributed by atoms with Crippen LogP contribution in [-0.2, 0) is 0 Å². The number of hydrogen-bond donors (Lipinski definition) is 1. The smallest absolute Gasteiger partial charge is 0.262 e. The number of methoxy groups -OCH3 is 1. The van der Waals surface area contributed by atoms with Gasteiger partial charge >= 0.3 is 0 Å². The summed E-state index contributed by atoms with van der Waals surface area (Å²) in [5.41, 5.74) is -0.264. The Balaban J connectivity index is 1.87. The van der Waals surface area contributed by atoms with Crippen LogP contribution in [0.25, 0.3) is 16.5 Å². The van der Waals surface area contributed by atoms with E-state index in [0.717, 1.165) is 12.1 Å². The minimum Gasteiger partial charge on any atom is -0.497 e. The summed E-state index contributed by atoms with van der Waals surface area (Å²) < 4.78 is 34.4. The lowest BCUT2D eigenvalue weighted by atomic mass is 10.1. The number of pyridine rings is 1. The third kappa shape index (κ3) is 3.41. The molecule has 150 valence electrons. The minimum atomic E-state index is -0.892. The quantitative estimate of drug-likeness (QED) is 0.542. The number of fused-ring (bicyclic) bond motifs is 1. The van der Waals surface area contributed by atoms with Crippen LogP contribution in [0.1, 0.15) is 10.4 Å². The van der Waals surface area contributed by atoms with Gasteiger partial charge < -0.3 is 10.1 Å². The number of amides is 1. The van der Waals surface area contributed by atoms with Crippen LogP contribution in [0.5, 0.6) is 5.75 Å². The first-order valence-corrected chi connectivity index (χ1v) is 9.04. The Labute approximate surface area is 170 Å². The number of hydrogen-bond acceptors (Lipinski definition) is 3. The highest BCUT2D eigenvalue weighted by molar-refractivity contribution is 6.12. The Kier molecular flexibility index (Phi) is 5.02. The lowest BCUT2D eigenvalue weighted by Gasteiger charge is -2.13. The van der Waals surface area contributed by atoms with Crippen LogP contribution < -0.4 is 15.6 Å². The zero-order valence-electron chi connectivity index (χ0n) is 15.9. The van der Waals surface area contributed by atoms with Gasteiger partial charge in [0.1, 0.15) is 23.1 Å². The molecule has 5 nitrogen and oxygen atoms in total. The van der Waals surface area contributed by atoms with Crippen LogP contribution in [0.3, 0.4) is 0 Å². The van der Waals surface area contributed by atoms with Crippen LogP contribution >= 0.6 is 0 Å². The highest BCUT2D eigenvalue weighted by atomic mass is 19.1. The first kappa shape index (κ1) is 19.3. The Bertz CT molecular complexity index is 1290. The number of para-hydroxylation sites is 1. The van der Waals surface area contributed by atoms with Gasteiger partial charge in [-0.25, -0.2) is 8.78 Å². The van der Waals surface area contributed by atoms with Crippen molar-refractivity contribution in [1.29, 1.82) is 0 Å². The molecule has 1 amide bonds. The molecule has 0 aliphatic heterocycles. The molecule has 4 rings (SSSR count). The van der Waals surface area contributed by atoms with Crippen molar-refractivity contribution in [2.24, 2.45) is 0 Å². The predicted molar refractivity (Wildman–Crippen MR) is 110 cm³/mol. The lowest BCUT2D eigenvalue weighted by molar-refractivity contribution is 0.102. The monoisotopic (exact) mass is 406 g/mol. The van der Waals surface area contributed by atoms with E-state index in [1.807, 2.05) is 0 Å². The Hall–Kier alpha value is -4.00. The van der Waals surface area contributed by atoms with Crippen LogP contribution in [-0.4, -0.2) is 17.6 Å². The van der Waals surface area contributed by atoms with Gasteiger partial charge in [0.2, 0.25) is 0 Å². The largest absolute Gasteiger partial charge is 0.497 e. The zero-order chi connectivity index (χ0) is 21.3. The molecule has 3 aromatic carbocycles. The maximum absolute atomic E-state index is 14.0. The third-order valence-electron chi connectivity index (χ3n) is 4.72. The molecule has 0 saturated carbocycles. The Morgan fingerprint density at radius 1 is 0.900 bits per heavy atom. The highest BCUT2D eigenvalue weighted by Gasteiger charge is 2.18. The summed E-state index contributed by atoms with van der Waals surface area (Å²) in [4.78, 5) is 26.0. The number of benzene rings is 3. The number of ether oxygens (including phenoxy) is 1. The molecule has 0 unspecified atom stereocenters. The number of halogens is 2. The summed E-state index contributed by atoms with van der Waals surface area (Å²) in [5, 5.41) is 2.96. The normalized spacial score (nSPS) is 10.8. The topological polar surface area (TPSA) is 60.3 Å². The van der Waals surface area contributed by atoms with Gasteiger partial charge in [0, 0.05) is 22.7 Å². The van der Waals surface area contributed by atoms with E-state index < -0.39 is 23.2 Å². The fourth-order valence-electron chi connectivity index (χ4n) is 3.21. The maximum Gasteiger partial charge on any atom is 0.262 e. The van der Waals surface area contributed by atoms with Gasteiger partial charge in [-0.15, -0.1) is 0 Å². The van der Waals surface area contributed by atoms with Gasteiger partial charge in [-0.05, 0) is 42.5 Å². The number of carbonyl (C=O) groups is 1. The summed E-state index contributed by atoms with van der Waals surface area (Å²) in [5.74, 6) is -1.91. The van der Waals surface area contributed by atoms with Gasteiger partial charge in [0.15, 0.2) is 0 Å². The minimum absolute atomic E-state index is 0.101. The average Bonchev–Trinajstić information content (AvgIpc) is 2.77.